The van der Waals surface area contributed by atoms with Gasteiger partial charge in [-0.15, -0.1) is 0 Å². The first-order valence-corrected chi connectivity index (χ1v) is 4.48. The van der Waals surface area contributed by atoms with Crippen molar-refractivity contribution < 1.29 is 14.6 Å². The molecule has 0 heterocycles. The maximum absolute atomic E-state index is 10.3. The molecule has 1 atom stereocenters. The van der Waals surface area contributed by atoms with E-state index in [4.69, 9.17) is 4.74 Å². The second kappa shape index (κ2) is 5.52. The number of benzene rings is 1. The van der Waals surface area contributed by atoms with Crippen LogP contribution in [-0.2, 0) is 16.1 Å². The number of hydrogen-bond donors (Lipinski definition) is 1. The van der Waals surface area contributed by atoms with E-state index >= 15 is 0 Å². The fraction of sp³-hybridized carbons (Fsp3) is 0.364. The van der Waals surface area contributed by atoms with Crippen molar-refractivity contribution in [1.29, 1.82) is 0 Å². The van der Waals surface area contributed by atoms with Crippen LogP contribution in [0.1, 0.15) is 23.7 Å². The summed E-state index contributed by atoms with van der Waals surface area (Å²) in [6.07, 6.45) is 0.119. The molecule has 1 aromatic rings. The van der Waals surface area contributed by atoms with Crippen molar-refractivity contribution in [2.75, 3.05) is 7.11 Å². The van der Waals surface area contributed by atoms with Gasteiger partial charge in [0.25, 0.3) is 0 Å². The first-order chi connectivity index (χ1) is 6.79. The third-order valence-electron chi connectivity index (χ3n) is 2.03. The Balaban J connectivity index is 2.87. The van der Waals surface area contributed by atoms with E-state index in [2.05, 4.69) is 0 Å². The molecule has 0 amide bonds. The van der Waals surface area contributed by atoms with Gasteiger partial charge in [0.2, 0.25) is 0 Å². The van der Waals surface area contributed by atoms with Gasteiger partial charge in [0.15, 0.2) is 0 Å². The van der Waals surface area contributed by atoms with Crippen molar-refractivity contribution in [3.05, 3.63) is 35.4 Å². The highest BCUT2D eigenvalue weighted by molar-refractivity contribution is 5.51. The van der Waals surface area contributed by atoms with Gasteiger partial charge in [-0.25, -0.2) is 0 Å². The van der Waals surface area contributed by atoms with Gasteiger partial charge in [-0.1, -0.05) is 24.3 Å². The molecular weight excluding hydrogens is 180 g/mol. The first kappa shape index (κ1) is 10.9. The molecule has 0 radical (unpaired) electrons. The minimum absolute atomic E-state index is 0.126. The molecule has 1 unspecified atom stereocenters. The van der Waals surface area contributed by atoms with E-state index in [1.54, 1.807) is 7.11 Å². The highest BCUT2D eigenvalue weighted by Gasteiger charge is 2.10. The summed E-state index contributed by atoms with van der Waals surface area (Å²) in [7, 11) is 1.60. The maximum atomic E-state index is 10.3. The van der Waals surface area contributed by atoms with Crippen LogP contribution >= 0.6 is 0 Å². The molecule has 76 valence electrons. The molecule has 14 heavy (non-hydrogen) atoms. The molecular formula is C11H14O3. The van der Waals surface area contributed by atoms with Crippen LogP contribution in [0.4, 0.5) is 0 Å². The van der Waals surface area contributed by atoms with Crippen molar-refractivity contribution in [3.63, 3.8) is 0 Å². The Hall–Kier alpha value is -1.19. The zero-order valence-corrected chi connectivity index (χ0v) is 8.14. The summed E-state index contributed by atoms with van der Waals surface area (Å²) in [6.45, 7) is 0.450. The maximum Gasteiger partial charge on any atom is 0.122 e. The number of hydrogen-bond acceptors (Lipinski definition) is 3. The van der Waals surface area contributed by atoms with Crippen LogP contribution in [0.2, 0.25) is 0 Å². The quantitative estimate of drug-likeness (QED) is 0.722. The molecule has 0 spiro atoms. The number of ether oxygens (including phenoxy) is 1. The van der Waals surface area contributed by atoms with E-state index in [1.807, 2.05) is 24.3 Å². The van der Waals surface area contributed by atoms with Crippen LogP contribution in [0.5, 0.6) is 0 Å². The monoisotopic (exact) mass is 194 g/mol. The molecule has 0 saturated carbocycles. The Labute approximate surface area is 83.3 Å². The van der Waals surface area contributed by atoms with E-state index in [0.29, 0.717) is 12.9 Å². The number of rotatable bonds is 5. The highest BCUT2D eigenvalue weighted by atomic mass is 16.5. The summed E-state index contributed by atoms with van der Waals surface area (Å²) in [5.74, 6) is 0. The lowest BCUT2D eigenvalue weighted by Gasteiger charge is -2.12. The van der Waals surface area contributed by atoms with Crippen molar-refractivity contribution in [2.45, 2.75) is 19.1 Å². The summed E-state index contributed by atoms with van der Waals surface area (Å²) < 4.78 is 5.00. The lowest BCUT2D eigenvalue weighted by molar-refractivity contribution is -0.109. The van der Waals surface area contributed by atoms with E-state index in [0.717, 1.165) is 11.1 Å². The molecule has 0 aliphatic heterocycles. The summed E-state index contributed by atoms with van der Waals surface area (Å²) >= 11 is 0. The smallest absolute Gasteiger partial charge is 0.122 e. The second-order valence-corrected chi connectivity index (χ2v) is 3.05. The van der Waals surface area contributed by atoms with Crippen LogP contribution in [0.3, 0.4) is 0 Å². The van der Waals surface area contributed by atoms with Crippen LogP contribution < -0.4 is 0 Å². The van der Waals surface area contributed by atoms with E-state index in [1.165, 1.54) is 0 Å². The molecule has 1 aromatic carbocycles. The van der Waals surface area contributed by atoms with Crippen molar-refractivity contribution in [3.8, 4) is 0 Å². The molecule has 0 bridgehead atoms. The molecule has 3 heteroatoms. The zero-order valence-electron chi connectivity index (χ0n) is 8.14. The molecule has 1 rings (SSSR count). The molecule has 3 nitrogen and oxygen atoms in total. The molecule has 0 saturated heterocycles. The molecule has 0 aromatic heterocycles. The van der Waals surface area contributed by atoms with Crippen LogP contribution in [0.25, 0.3) is 0 Å². The fourth-order valence-electron chi connectivity index (χ4n) is 1.36. The van der Waals surface area contributed by atoms with Crippen molar-refractivity contribution >= 4 is 6.29 Å². The molecule has 0 fully saturated rings. The van der Waals surface area contributed by atoms with E-state index in [9.17, 15) is 9.90 Å². The standard InChI is InChI=1S/C11H14O3/c1-14-8-9-4-2-3-5-10(9)11(13)6-7-12/h2-5,7,11,13H,6,8H2,1H3. The minimum atomic E-state index is -0.723. The van der Waals surface area contributed by atoms with Gasteiger partial charge in [-0.05, 0) is 11.1 Å². The first-order valence-electron chi connectivity index (χ1n) is 4.48. The lowest BCUT2D eigenvalue weighted by Crippen LogP contribution is -2.03. The van der Waals surface area contributed by atoms with E-state index in [-0.39, 0.29) is 6.42 Å². The van der Waals surface area contributed by atoms with Gasteiger partial charge in [0, 0.05) is 13.5 Å². The Morgan fingerprint density at radius 3 is 2.86 bits per heavy atom. The normalized spacial score (nSPS) is 12.4. The second-order valence-electron chi connectivity index (χ2n) is 3.05. The highest BCUT2D eigenvalue weighted by Crippen LogP contribution is 2.20. The van der Waals surface area contributed by atoms with Gasteiger partial charge in [-0.2, -0.15) is 0 Å². The van der Waals surface area contributed by atoms with Crippen LogP contribution in [0, 0.1) is 0 Å². The Bertz CT molecular complexity index is 296. The SMILES string of the molecule is COCc1ccccc1C(O)CC=O. The Morgan fingerprint density at radius 1 is 1.50 bits per heavy atom. The summed E-state index contributed by atoms with van der Waals surface area (Å²) in [6, 6.07) is 7.41. The van der Waals surface area contributed by atoms with Crippen molar-refractivity contribution in [1.82, 2.24) is 0 Å². The van der Waals surface area contributed by atoms with Gasteiger partial charge in [-0.3, -0.25) is 0 Å². The van der Waals surface area contributed by atoms with E-state index < -0.39 is 6.10 Å². The third kappa shape index (κ3) is 2.65. The van der Waals surface area contributed by atoms with Gasteiger partial charge >= 0.3 is 0 Å². The number of aliphatic hydroxyl groups is 1. The number of carbonyl (C=O) groups excluding carboxylic acids is 1. The third-order valence-corrected chi connectivity index (χ3v) is 2.03. The number of methoxy groups -OCH3 is 1. The number of aliphatic hydroxyl groups excluding tert-OH is 1. The average Bonchev–Trinajstić information content (AvgIpc) is 2.19. The minimum Gasteiger partial charge on any atom is -0.388 e. The zero-order chi connectivity index (χ0) is 10.4. The fourth-order valence-corrected chi connectivity index (χ4v) is 1.36. The summed E-state index contributed by atoms with van der Waals surface area (Å²) in [5.41, 5.74) is 1.69. The topological polar surface area (TPSA) is 46.5 Å². The van der Waals surface area contributed by atoms with Gasteiger partial charge < -0.3 is 14.6 Å². The summed E-state index contributed by atoms with van der Waals surface area (Å²) in [5, 5.41) is 9.64. The predicted molar refractivity (Wildman–Crippen MR) is 52.8 cm³/mol. The van der Waals surface area contributed by atoms with Crippen molar-refractivity contribution in [2.24, 2.45) is 0 Å². The van der Waals surface area contributed by atoms with Crippen LogP contribution in [-0.4, -0.2) is 18.5 Å². The summed E-state index contributed by atoms with van der Waals surface area (Å²) in [4.78, 5) is 10.3. The lowest BCUT2D eigenvalue weighted by atomic mass is 10.0. The predicted octanol–water partition coefficient (Wildman–Crippen LogP) is 1.46. The molecule has 1 N–H and O–H groups in total. The van der Waals surface area contributed by atoms with Crippen LogP contribution in [0.15, 0.2) is 24.3 Å². The largest absolute Gasteiger partial charge is 0.388 e. The van der Waals surface area contributed by atoms with Gasteiger partial charge in [0.05, 0.1) is 12.7 Å². The molecule has 0 aliphatic rings. The Kier molecular flexibility index (Phi) is 4.29. The van der Waals surface area contributed by atoms with Gasteiger partial charge in [0.1, 0.15) is 6.29 Å². The number of carbonyl (C=O) groups is 1. The average molecular weight is 194 g/mol. The number of aldehydes is 1. The molecule has 0 aliphatic carbocycles. The Morgan fingerprint density at radius 2 is 2.21 bits per heavy atom.